The summed E-state index contributed by atoms with van der Waals surface area (Å²) in [6.45, 7) is 6.77. The number of hydrogen-bond donors (Lipinski definition) is 3. The molecule has 4 nitrogen and oxygen atoms in total. The SMILES string of the molecule is CCCC(C)(O)CNC(=O)c1ccccc1NCC. The van der Waals surface area contributed by atoms with Gasteiger partial charge in [0.25, 0.3) is 5.91 Å². The zero-order chi connectivity index (χ0) is 14.3. The van der Waals surface area contributed by atoms with Crippen molar-refractivity contribution in [2.24, 2.45) is 0 Å². The van der Waals surface area contributed by atoms with Gasteiger partial charge in [-0.3, -0.25) is 4.79 Å². The quantitative estimate of drug-likeness (QED) is 0.708. The first kappa shape index (κ1) is 15.5. The van der Waals surface area contributed by atoms with Crippen LogP contribution in [0.4, 0.5) is 5.69 Å². The van der Waals surface area contributed by atoms with Crippen LogP contribution in [-0.4, -0.2) is 29.7 Å². The van der Waals surface area contributed by atoms with Crippen molar-refractivity contribution in [1.29, 1.82) is 0 Å². The number of carbonyl (C=O) groups is 1. The van der Waals surface area contributed by atoms with Gasteiger partial charge >= 0.3 is 0 Å². The number of benzene rings is 1. The summed E-state index contributed by atoms with van der Waals surface area (Å²) < 4.78 is 0. The number of nitrogens with one attached hydrogen (secondary N) is 2. The summed E-state index contributed by atoms with van der Waals surface area (Å²) in [5, 5.41) is 16.0. The van der Waals surface area contributed by atoms with Gasteiger partial charge in [0.2, 0.25) is 0 Å². The lowest BCUT2D eigenvalue weighted by atomic mass is 10.0. The highest BCUT2D eigenvalue weighted by atomic mass is 16.3. The fourth-order valence-corrected chi connectivity index (χ4v) is 2.02. The Morgan fingerprint density at radius 2 is 2.00 bits per heavy atom. The predicted octanol–water partition coefficient (Wildman–Crippen LogP) is 2.40. The van der Waals surface area contributed by atoms with Crippen molar-refractivity contribution in [2.75, 3.05) is 18.4 Å². The first-order valence-electron chi connectivity index (χ1n) is 6.83. The van der Waals surface area contributed by atoms with E-state index in [0.717, 1.165) is 18.7 Å². The Morgan fingerprint density at radius 3 is 2.63 bits per heavy atom. The summed E-state index contributed by atoms with van der Waals surface area (Å²) >= 11 is 0. The van der Waals surface area contributed by atoms with Gasteiger partial charge in [-0.1, -0.05) is 25.5 Å². The van der Waals surface area contributed by atoms with Crippen molar-refractivity contribution in [3.63, 3.8) is 0 Å². The highest BCUT2D eigenvalue weighted by Gasteiger charge is 2.20. The maximum atomic E-state index is 12.1. The van der Waals surface area contributed by atoms with Gasteiger partial charge in [-0.15, -0.1) is 0 Å². The molecule has 1 amide bonds. The molecule has 1 unspecified atom stereocenters. The molecule has 106 valence electrons. The molecule has 0 aromatic heterocycles. The van der Waals surface area contributed by atoms with Crippen molar-refractivity contribution >= 4 is 11.6 Å². The van der Waals surface area contributed by atoms with Crippen LogP contribution in [0.25, 0.3) is 0 Å². The number of carbonyl (C=O) groups excluding carboxylic acids is 1. The van der Waals surface area contributed by atoms with Crippen molar-refractivity contribution in [3.8, 4) is 0 Å². The van der Waals surface area contributed by atoms with E-state index in [1.807, 2.05) is 32.0 Å². The molecule has 0 heterocycles. The Bertz CT molecular complexity index is 416. The van der Waals surface area contributed by atoms with Crippen molar-refractivity contribution < 1.29 is 9.90 Å². The largest absolute Gasteiger partial charge is 0.388 e. The highest BCUT2D eigenvalue weighted by molar-refractivity contribution is 5.99. The number of para-hydroxylation sites is 1. The Kier molecular flexibility index (Phi) is 5.83. The normalized spacial score (nSPS) is 13.7. The van der Waals surface area contributed by atoms with E-state index >= 15 is 0 Å². The summed E-state index contributed by atoms with van der Waals surface area (Å²) in [6.07, 6.45) is 1.55. The minimum Gasteiger partial charge on any atom is -0.388 e. The summed E-state index contributed by atoms with van der Waals surface area (Å²) in [5.74, 6) is -0.159. The Labute approximate surface area is 115 Å². The molecule has 0 bridgehead atoms. The van der Waals surface area contributed by atoms with Crippen LogP contribution < -0.4 is 10.6 Å². The number of aliphatic hydroxyl groups is 1. The molecule has 19 heavy (non-hydrogen) atoms. The predicted molar refractivity (Wildman–Crippen MR) is 78.5 cm³/mol. The van der Waals surface area contributed by atoms with Gasteiger partial charge < -0.3 is 15.7 Å². The summed E-state index contributed by atoms with van der Waals surface area (Å²) in [7, 11) is 0. The molecule has 4 heteroatoms. The van der Waals surface area contributed by atoms with E-state index in [0.29, 0.717) is 12.0 Å². The fraction of sp³-hybridized carbons (Fsp3) is 0.533. The molecule has 0 saturated heterocycles. The zero-order valence-corrected chi connectivity index (χ0v) is 12.0. The van der Waals surface area contributed by atoms with Crippen LogP contribution in [0.2, 0.25) is 0 Å². The molecule has 0 spiro atoms. The lowest BCUT2D eigenvalue weighted by Crippen LogP contribution is -2.40. The average Bonchev–Trinajstić information content (AvgIpc) is 2.37. The van der Waals surface area contributed by atoms with Crippen molar-refractivity contribution in [2.45, 2.75) is 39.2 Å². The monoisotopic (exact) mass is 264 g/mol. The molecule has 0 aliphatic carbocycles. The molecular formula is C15H24N2O2. The maximum absolute atomic E-state index is 12.1. The number of hydrogen-bond acceptors (Lipinski definition) is 3. The molecule has 0 fully saturated rings. The molecule has 0 aliphatic heterocycles. The second-order valence-corrected chi connectivity index (χ2v) is 5.01. The zero-order valence-electron chi connectivity index (χ0n) is 12.0. The van der Waals surface area contributed by atoms with Gasteiger partial charge in [0.1, 0.15) is 0 Å². The van der Waals surface area contributed by atoms with Gasteiger partial charge in [0, 0.05) is 18.8 Å². The number of anilines is 1. The fourth-order valence-electron chi connectivity index (χ4n) is 2.02. The van der Waals surface area contributed by atoms with Crippen molar-refractivity contribution in [1.82, 2.24) is 5.32 Å². The van der Waals surface area contributed by atoms with E-state index in [2.05, 4.69) is 10.6 Å². The highest BCUT2D eigenvalue weighted by Crippen LogP contribution is 2.15. The molecule has 0 saturated carbocycles. The average molecular weight is 264 g/mol. The van der Waals surface area contributed by atoms with Crippen molar-refractivity contribution in [3.05, 3.63) is 29.8 Å². The Hall–Kier alpha value is -1.55. The third-order valence-corrected chi connectivity index (χ3v) is 2.96. The summed E-state index contributed by atoms with van der Waals surface area (Å²) in [4.78, 5) is 12.1. The first-order valence-corrected chi connectivity index (χ1v) is 6.83. The van der Waals surface area contributed by atoms with Gasteiger partial charge in [0.05, 0.1) is 11.2 Å². The minimum atomic E-state index is -0.850. The van der Waals surface area contributed by atoms with E-state index in [-0.39, 0.29) is 12.5 Å². The van der Waals surface area contributed by atoms with Crippen LogP contribution in [0, 0.1) is 0 Å². The van der Waals surface area contributed by atoms with Crippen LogP contribution >= 0.6 is 0 Å². The Balaban J connectivity index is 2.68. The lowest BCUT2D eigenvalue weighted by Gasteiger charge is -2.23. The molecule has 1 aromatic carbocycles. The molecule has 1 aromatic rings. The summed E-state index contributed by atoms with van der Waals surface area (Å²) in [6, 6.07) is 7.38. The maximum Gasteiger partial charge on any atom is 0.253 e. The van der Waals surface area contributed by atoms with E-state index in [1.165, 1.54) is 0 Å². The van der Waals surface area contributed by atoms with Gasteiger partial charge in [0.15, 0.2) is 0 Å². The van der Waals surface area contributed by atoms with E-state index < -0.39 is 5.60 Å². The van der Waals surface area contributed by atoms with Gasteiger partial charge in [-0.25, -0.2) is 0 Å². The minimum absolute atomic E-state index is 0.159. The third kappa shape index (κ3) is 4.91. The second kappa shape index (κ2) is 7.14. The van der Waals surface area contributed by atoms with Gasteiger partial charge in [-0.2, -0.15) is 0 Å². The summed E-state index contributed by atoms with van der Waals surface area (Å²) in [5.41, 5.74) is 0.576. The van der Waals surface area contributed by atoms with Crippen LogP contribution in [0.5, 0.6) is 0 Å². The number of rotatable bonds is 7. The molecule has 1 atom stereocenters. The molecular weight excluding hydrogens is 240 g/mol. The van der Waals surface area contributed by atoms with E-state index in [4.69, 9.17) is 0 Å². The van der Waals surface area contributed by atoms with Crippen LogP contribution in [-0.2, 0) is 0 Å². The Morgan fingerprint density at radius 1 is 1.32 bits per heavy atom. The van der Waals surface area contributed by atoms with Crippen LogP contribution in [0.1, 0.15) is 44.0 Å². The van der Waals surface area contributed by atoms with E-state index in [9.17, 15) is 9.90 Å². The molecule has 0 aliphatic rings. The van der Waals surface area contributed by atoms with Crippen LogP contribution in [0.15, 0.2) is 24.3 Å². The topological polar surface area (TPSA) is 61.4 Å². The third-order valence-electron chi connectivity index (χ3n) is 2.96. The standard InChI is InChI=1S/C15H24N2O2/c1-4-10-15(3,19)11-17-14(18)12-8-6-7-9-13(12)16-5-2/h6-9,16,19H,4-5,10-11H2,1-3H3,(H,17,18). The van der Waals surface area contributed by atoms with E-state index in [1.54, 1.807) is 13.0 Å². The smallest absolute Gasteiger partial charge is 0.253 e. The first-order chi connectivity index (χ1) is 9.00. The molecule has 1 rings (SSSR count). The number of amides is 1. The molecule has 0 radical (unpaired) electrons. The molecule has 3 N–H and O–H groups in total. The lowest BCUT2D eigenvalue weighted by molar-refractivity contribution is 0.0470. The second-order valence-electron chi connectivity index (χ2n) is 5.01. The van der Waals surface area contributed by atoms with Gasteiger partial charge in [-0.05, 0) is 32.4 Å². The van der Waals surface area contributed by atoms with Crippen LogP contribution in [0.3, 0.4) is 0 Å².